The molecule has 0 rings (SSSR count). The van der Waals surface area contributed by atoms with Crippen LogP contribution in [0.1, 0.15) is 391 Å². The molecular weight excluding hydrogens is 1720 g/mol. The first-order valence-electron chi connectivity index (χ1n) is 40.3. The van der Waals surface area contributed by atoms with E-state index >= 15 is 0 Å². The Bertz CT molecular complexity index is 1520. The van der Waals surface area contributed by atoms with Crippen LogP contribution in [0.5, 0.6) is 0 Å². The first-order valence-corrected chi connectivity index (χ1v) is 62.2. The fourth-order valence-electron chi connectivity index (χ4n) is 8.69. The molecule has 0 N–H and O–H groups in total. The molecule has 0 radical (unpaired) electrons. The largest absolute Gasteiger partial charge is 6.00 e. The molecular formula is C72H156MoO12P6S12. The SMILES string of the molecule is CCCCCCOP(=S)([S-])OCCCCCC.CCCCCCOP(=S)([S-])OCCCCCC.CCCCCCOP(=S)([S-])OCCCCCC.CCCCCCOP(=S)([S-])OCCCCCC.CCCCCCOP(=S)([S-])OCCCCCC.CCCCCCOP(=S)([S-])OCCCCCC.[Mo+6]. The molecule has 12 nitrogen and oxygen atoms in total. The third kappa shape index (κ3) is 117. The third-order valence-electron chi connectivity index (χ3n) is 15.0. The molecule has 0 atom stereocenters. The maximum Gasteiger partial charge on any atom is 6.00 e. The monoisotopic (exact) mass is 1880 g/mol. The summed E-state index contributed by atoms with van der Waals surface area (Å²) in [5, 5.41) is 0. The van der Waals surface area contributed by atoms with Crippen LogP contribution in [-0.4, -0.2) is 79.3 Å². The zero-order chi connectivity index (χ0) is 77.9. The topological polar surface area (TPSA) is 111 Å². The Morgan fingerprint density at radius 3 is 0.272 bits per heavy atom. The van der Waals surface area contributed by atoms with E-state index in [1.54, 1.807) is 0 Å². The molecule has 0 bridgehead atoms. The Hall–Kier alpha value is 6.21. The van der Waals surface area contributed by atoms with Crippen molar-refractivity contribution in [3.05, 3.63) is 0 Å². The minimum Gasteiger partial charge on any atom is -0.691 e. The van der Waals surface area contributed by atoms with Gasteiger partial charge in [0.1, 0.15) is 0 Å². The van der Waals surface area contributed by atoms with Crippen molar-refractivity contribution < 1.29 is 75.4 Å². The first-order chi connectivity index (χ1) is 48.7. The first kappa shape index (κ1) is 122. The Morgan fingerprint density at radius 1 is 0.146 bits per heavy atom. The van der Waals surface area contributed by atoms with Gasteiger partial charge in [-0.15, -0.1) is 0 Å². The van der Waals surface area contributed by atoms with E-state index in [4.69, 9.17) is 199 Å². The van der Waals surface area contributed by atoms with E-state index in [-0.39, 0.29) is 21.1 Å². The van der Waals surface area contributed by atoms with E-state index < -0.39 is 34.2 Å². The molecule has 0 aliphatic heterocycles. The minimum absolute atomic E-state index is 0. The predicted octanol–water partition coefficient (Wildman–Crippen LogP) is 29.7. The average Bonchev–Trinajstić information content (AvgIpc) is 1.21. The van der Waals surface area contributed by atoms with Gasteiger partial charge in [0.05, 0.1) is 113 Å². The van der Waals surface area contributed by atoms with E-state index in [0.29, 0.717) is 79.3 Å². The van der Waals surface area contributed by atoms with Crippen LogP contribution in [-0.2, 0) is 220 Å². The third-order valence-corrected chi connectivity index (χ3v) is 28.5. The summed E-state index contributed by atoms with van der Waals surface area (Å²) >= 11 is 62.2. The van der Waals surface area contributed by atoms with Crippen molar-refractivity contribution in [2.45, 2.75) is 391 Å². The molecule has 103 heavy (non-hydrogen) atoms. The smallest absolute Gasteiger partial charge is 0.691 e. The normalized spacial score (nSPS) is 11.8. The van der Waals surface area contributed by atoms with Crippen LogP contribution in [0.2, 0.25) is 0 Å². The van der Waals surface area contributed by atoms with Crippen molar-refractivity contribution in [1.82, 2.24) is 0 Å². The molecule has 31 heteroatoms. The average molecular weight is 1880 g/mol. The van der Waals surface area contributed by atoms with E-state index in [1.807, 2.05) is 0 Å². The molecule has 624 valence electrons. The quantitative estimate of drug-likeness (QED) is 0.0249. The molecule has 0 aromatic carbocycles. The fourth-order valence-corrected chi connectivity index (χ4v) is 18.7. The number of rotatable bonds is 72. The molecule has 0 amide bonds. The van der Waals surface area contributed by atoms with Crippen LogP contribution in [0.3, 0.4) is 0 Å². The van der Waals surface area contributed by atoms with Crippen molar-refractivity contribution in [2.75, 3.05) is 79.3 Å². The molecule has 0 aromatic rings. The Kier molecular flexibility index (Phi) is 113. The predicted molar refractivity (Wildman–Crippen MR) is 491 cm³/mol. The standard InChI is InChI=1S/6C12H27O2PS2.Mo/c6*1-3-5-7-9-11-13-15(16,17)14-12-10-8-6-4-2;/h6*3-12H2,1-2H3,(H,16,17);/q;;;;;;+6/p-6. The Labute approximate surface area is 717 Å². The summed E-state index contributed by atoms with van der Waals surface area (Å²) in [6, 6.07) is 0. The summed E-state index contributed by atoms with van der Waals surface area (Å²) in [6.07, 6.45) is 56.6. The summed E-state index contributed by atoms with van der Waals surface area (Å²) in [4.78, 5) is 0. The maximum absolute atomic E-state index is 5.50. The second kappa shape index (κ2) is 95.4. The number of unbranched alkanes of at least 4 members (excludes halogenated alkanes) is 36. The van der Waals surface area contributed by atoms with Gasteiger partial charge in [-0.3, -0.25) is 0 Å². The zero-order valence-corrected chi connectivity index (χ0v) is 84.5. The van der Waals surface area contributed by atoms with Gasteiger partial charge in [0.15, 0.2) is 0 Å². The molecule has 0 unspecified atom stereocenters. The van der Waals surface area contributed by atoms with Crippen molar-refractivity contribution in [1.29, 1.82) is 0 Å². The molecule has 0 fully saturated rings. The molecule has 0 heterocycles. The van der Waals surface area contributed by atoms with Gasteiger partial charge in [-0.1, -0.05) is 385 Å². The minimum atomic E-state index is -2.37. The van der Waals surface area contributed by atoms with Crippen molar-refractivity contribution in [2.24, 2.45) is 0 Å². The summed E-state index contributed by atoms with van der Waals surface area (Å²) in [7, 11) is 0. The summed E-state index contributed by atoms with van der Waals surface area (Å²) < 4.78 is 66.0. The summed E-state index contributed by atoms with van der Waals surface area (Å²) in [6.45, 7) is 34.3. The van der Waals surface area contributed by atoms with Crippen LogP contribution in [0.4, 0.5) is 0 Å². The molecule has 0 spiro atoms. The van der Waals surface area contributed by atoms with Gasteiger partial charge >= 0.3 is 21.1 Å². The van der Waals surface area contributed by atoms with Gasteiger partial charge in [0.25, 0.3) is 0 Å². The van der Waals surface area contributed by atoms with Gasteiger partial charge in [0.2, 0.25) is 0 Å². The second-order valence-corrected chi connectivity index (χ2v) is 55.3. The van der Waals surface area contributed by atoms with E-state index in [2.05, 4.69) is 83.1 Å². The van der Waals surface area contributed by atoms with Crippen molar-refractivity contribution in [3.63, 3.8) is 0 Å². The van der Waals surface area contributed by atoms with Gasteiger partial charge in [-0.2, -0.15) is 0 Å². The summed E-state index contributed by atoms with van der Waals surface area (Å²) in [5.74, 6) is 0. The van der Waals surface area contributed by atoms with E-state index in [0.717, 1.165) is 77.0 Å². The molecule has 0 saturated carbocycles. The van der Waals surface area contributed by atoms with Crippen LogP contribution < -0.4 is 0 Å². The van der Waals surface area contributed by atoms with Crippen LogP contribution in [0.15, 0.2) is 0 Å². The van der Waals surface area contributed by atoms with Gasteiger partial charge in [-0.25, -0.2) is 0 Å². The van der Waals surface area contributed by atoms with Crippen LogP contribution in [0.25, 0.3) is 0 Å². The van der Waals surface area contributed by atoms with Gasteiger partial charge < -0.3 is 128 Å². The van der Waals surface area contributed by atoms with Gasteiger partial charge in [-0.05, 0) is 77.0 Å². The van der Waals surface area contributed by atoms with Crippen LogP contribution in [0, 0.1) is 0 Å². The fraction of sp³-hybridized carbons (Fsp3) is 1.00. The molecule has 0 aromatic heterocycles. The van der Waals surface area contributed by atoms with Crippen LogP contribution >= 0.6 is 34.2 Å². The zero-order valence-electron chi connectivity index (χ0n) is 67.3. The summed E-state index contributed by atoms with van der Waals surface area (Å²) in [5.41, 5.74) is -14.2. The Morgan fingerprint density at radius 2 is 0.214 bits per heavy atom. The van der Waals surface area contributed by atoms with E-state index in [1.165, 1.54) is 231 Å². The van der Waals surface area contributed by atoms with E-state index in [9.17, 15) is 0 Å². The number of hydrogen-bond donors (Lipinski definition) is 0. The van der Waals surface area contributed by atoms with Crippen molar-refractivity contribution >= 4 is 178 Å². The molecule has 0 saturated heterocycles. The maximum atomic E-state index is 5.50. The van der Waals surface area contributed by atoms with Crippen molar-refractivity contribution in [3.8, 4) is 0 Å². The number of hydrogen-bond acceptors (Lipinski definition) is 24. The van der Waals surface area contributed by atoms with Gasteiger partial charge in [0, 0.05) is 0 Å². The second-order valence-electron chi connectivity index (χ2n) is 25.4. The molecule has 0 aliphatic rings. The molecule has 0 aliphatic carbocycles. The Balaban J connectivity index is -0.000000214.